The fourth-order valence-corrected chi connectivity index (χ4v) is 1.48. The van der Waals surface area contributed by atoms with Crippen molar-refractivity contribution in [3.05, 3.63) is 0 Å². The maximum atomic E-state index is 11.9. The molecular formula is C6H10F3NO. The van der Waals surface area contributed by atoms with Gasteiger partial charge in [-0.15, -0.1) is 0 Å². The van der Waals surface area contributed by atoms with Gasteiger partial charge in [-0.2, -0.15) is 13.2 Å². The van der Waals surface area contributed by atoms with Crippen LogP contribution in [0, 0.1) is 0 Å². The van der Waals surface area contributed by atoms with Gasteiger partial charge >= 0.3 is 6.18 Å². The molecule has 5 heteroatoms. The van der Waals surface area contributed by atoms with Crippen LogP contribution in [0.3, 0.4) is 0 Å². The van der Waals surface area contributed by atoms with Gasteiger partial charge in [0.1, 0.15) is 0 Å². The maximum Gasteiger partial charge on any atom is 0.417 e. The number of alkyl halides is 3. The van der Waals surface area contributed by atoms with Gasteiger partial charge in [0.15, 0.2) is 5.60 Å². The number of rotatable bonds is 0. The van der Waals surface area contributed by atoms with Crippen molar-refractivity contribution in [2.45, 2.75) is 37.1 Å². The molecule has 0 atom stereocenters. The van der Waals surface area contributed by atoms with Crippen LogP contribution in [0.2, 0.25) is 0 Å². The van der Waals surface area contributed by atoms with E-state index in [0.717, 1.165) is 0 Å². The number of nitrogens with two attached hydrogens (primary N) is 1. The Kier molecular flexibility index (Phi) is 1.52. The van der Waals surface area contributed by atoms with Gasteiger partial charge < -0.3 is 10.8 Å². The fourth-order valence-electron chi connectivity index (χ4n) is 1.48. The van der Waals surface area contributed by atoms with Gasteiger partial charge in [-0.25, -0.2) is 0 Å². The predicted octanol–water partition coefficient (Wildman–Crippen LogP) is 0.791. The van der Waals surface area contributed by atoms with Crippen molar-refractivity contribution in [2.24, 2.45) is 5.73 Å². The van der Waals surface area contributed by atoms with Crippen molar-refractivity contribution in [2.75, 3.05) is 0 Å². The number of hydrogen-bond acceptors (Lipinski definition) is 2. The normalized spacial score (nSPS) is 45.3. The zero-order valence-electron chi connectivity index (χ0n) is 6.07. The van der Waals surface area contributed by atoms with Crippen LogP contribution in [0.1, 0.15) is 19.8 Å². The maximum absolute atomic E-state index is 11.9. The molecule has 1 fully saturated rings. The molecule has 0 amide bonds. The van der Waals surface area contributed by atoms with Crippen LogP contribution in [-0.4, -0.2) is 22.4 Å². The molecule has 1 aliphatic carbocycles. The van der Waals surface area contributed by atoms with Crippen LogP contribution in [0.5, 0.6) is 0 Å². The average molecular weight is 169 g/mol. The van der Waals surface area contributed by atoms with Crippen LogP contribution in [-0.2, 0) is 0 Å². The highest BCUT2D eigenvalue weighted by Gasteiger charge is 2.64. The Morgan fingerprint density at radius 2 is 1.73 bits per heavy atom. The molecule has 2 nitrogen and oxygen atoms in total. The van der Waals surface area contributed by atoms with Gasteiger partial charge in [-0.1, -0.05) is 0 Å². The molecule has 0 unspecified atom stereocenters. The third-order valence-corrected chi connectivity index (χ3v) is 1.92. The molecule has 1 aliphatic rings. The highest BCUT2D eigenvalue weighted by atomic mass is 19.4. The number of aliphatic hydroxyl groups is 1. The molecule has 0 heterocycles. The summed E-state index contributed by atoms with van der Waals surface area (Å²) >= 11 is 0. The van der Waals surface area contributed by atoms with E-state index in [0.29, 0.717) is 0 Å². The minimum absolute atomic E-state index is 0.399. The lowest BCUT2D eigenvalue weighted by molar-refractivity contribution is -0.300. The second-order valence-corrected chi connectivity index (χ2v) is 3.54. The first-order valence-corrected chi connectivity index (χ1v) is 3.24. The quantitative estimate of drug-likeness (QED) is 0.563. The smallest absolute Gasteiger partial charge is 0.380 e. The summed E-state index contributed by atoms with van der Waals surface area (Å²) in [6.45, 7) is 1.49. The van der Waals surface area contributed by atoms with Gasteiger partial charge in [0, 0.05) is 18.4 Å². The first-order chi connectivity index (χ1) is 4.66. The van der Waals surface area contributed by atoms with Crippen LogP contribution in [0.15, 0.2) is 0 Å². The summed E-state index contributed by atoms with van der Waals surface area (Å²) in [6.07, 6.45) is -5.33. The predicted molar refractivity (Wildman–Crippen MR) is 32.8 cm³/mol. The molecule has 11 heavy (non-hydrogen) atoms. The molecule has 0 bridgehead atoms. The highest BCUT2D eigenvalue weighted by molar-refractivity contribution is 5.09. The third-order valence-electron chi connectivity index (χ3n) is 1.92. The van der Waals surface area contributed by atoms with Crippen molar-refractivity contribution >= 4 is 0 Å². The first kappa shape index (κ1) is 8.80. The van der Waals surface area contributed by atoms with Crippen LogP contribution in [0.4, 0.5) is 13.2 Å². The van der Waals surface area contributed by atoms with Gasteiger partial charge in [-0.3, -0.25) is 0 Å². The molecule has 0 aromatic rings. The van der Waals surface area contributed by atoms with E-state index in [2.05, 4.69) is 0 Å². The Morgan fingerprint density at radius 1 is 1.36 bits per heavy atom. The SMILES string of the molecule is CC1(N)CC(O)(C(F)(F)F)C1. The zero-order chi connectivity index (χ0) is 8.91. The topological polar surface area (TPSA) is 46.2 Å². The van der Waals surface area contributed by atoms with Gasteiger partial charge in [0.2, 0.25) is 0 Å². The van der Waals surface area contributed by atoms with E-state index in [1.54, 1.807) is 0 Å². The number of halogens is 3. The minimum atomic E-state index is -4.54. The largest absolute Gasteiger partial charge is 0.417 e. The molecule has 1 saturated carbocycles. The van der Waals surface area contributed by atoms with Gasteiger partial charge in [-0.05, 0) is 6.92 Å². The molecule has 0 spiro atoms. The standard InChI is InChI=1S/C6H10F3NO/c1-4(10)2-5(11,3-4)6(7,8)9/h11H,2-3,10H2,1H3. The Morgan fingerprint density at radius 3 is 1.82 bits per heavy atom. The Hall–Kier alpha value is -0.290. The van der Waals surface area contributed by atoms with Gasteiger partial charge in [0.25, 0.3) is 0 Å². The molecule has 0 saturated heterocycles. The van der Waals surface area contributed by atoms with Gasteiger partial charge in [0.05, 0.1) is 0 Å². The summed E-state index contributed by atoms with van der Waals surface area (Å²) in [5.74, 6) is 0. The summed E-state index contributed by atoms with van der Waals surface area (Å²) in [4.78, 5) is 0. The average Bonchev–Trinajstić information content (AvgIpc) is 1.55. The molecule has 0 aliphatic heterocycles. The van der Waals surface area contributed by atoms with Crippen LogP contribution >= 0.6 is 0 Å². The molecular weight excluding hydrogens is 159 g/mol. The second kappa shape index (κ2) is 1.90. The molecule has 1 rings (SSSR count). The van der Waals surface area contributed by atoms with Crippen molar-refractivity contribution in [3.8, 4) is 0 Å². The monoisotopic (exact) mass is 169 g/mol. The molecule has 66 valence electrons. The molecule has 3 N–H and O–H groups in total. The van der Waals surface area contributed by atoms with E-state index in [1.165, 1.54) is 6.92 Å². The van der Waals surface area contributed by atoms with E-state index >= 15 is 0 Å². The van der Waals surface area contributed by atoms with Crippen molar-refractivity contribution in [3.63, 3.8) is 0 Å². The summed E-state index contributed by atoms with van der Waals surface area (Å²) in [5.41, 5.74) is 1.95. The summed E-state index contributed by atoms with van der Waals surface area (Å²) < 4.78 is 35.8. The zero-order valence-corrected chi connectivity index (χ0v) is 6.07. The second-order valence-electron chi connectivity index (χ2n) is 3.54. The van der Waals surface area contributed by atoms with E-state index in [1.807, 2.05) is 0 Å². The summed E-state index contributed by atoms with van der Waals surface area (Å²) in [5, 5.41) is 8.88. The summed E-state index contributed by atoms with van der Waals surface area (Å²) in [6, 6.07) is 0. The molecule has 0 aromatic carbocycles. The fraction of sp³-hybridized carbons (Fsp3) is 1.00. The molecule has 0 radical (unpaired) electrons. The summed E-state index contributed by atoms with van der Waals surface area (Å²) in [7, 11) is 0. The Balaban J connectivity index is 2.64. The third kappa shape index (κ3) is 1.35. The van der Waals surface area contributed by atoms with E-state index in [9.17, 15) is 13.2 Å². The molecule has 0 aromatic heterocycles. The first-order valence-electron chi connectivity index (χ1n) is 3.24. The van der Waals surface area contributed by atoms with Crippen LogP contribution < -0.4 is 5.73 Å². The Bertz CT molecular complexity index is 167. The number of hydrogen-bond donors (Lipinski definition) is 2. The lowest BCUT2D eigenvalue weighted by atomic mass is 9.66. The highest BCUT2D eigenvalue weighted by Crippen LogP contribution is 2.49. The Labute approximate surface area is 62.2 Å². The van der Waals surface area contributed by atoms with Crippen molar-refractivity contribution in [1.82, 2.24) is 0 Å². The van der Waals surface area contributed by atoms with E-state index in [4.69, 9.17) is 10.8 Å². The van der Waals surface area contributed by atoms with E-state index < -0.39 is 30.2 Å². The van der Waals surface area contributed by atoms with Crippen molar-refractivity contribution < 1.29 is 18.3 Å². The van der Waals surface area contributed by atoms with Crippen molar-refractivity contribution in [1.29, 1.82) is 0 Å². The lowest BCUT2D eigenvalue weighted by Gasteiger charge is -2.49. The van der Waals surface area contributed by atoms with E-state index in [-0.39, 0.29) is 0 Å². The lowest BCUT2D eigenvalue weighted by Crippen LogP contribution is -2.66. The van der Waals surface area contributed by atoms with Crippen LogP contribution in [0.25, 0.3) is 0 Å². The minimum Gasteiger partial charge on any atom is -0.380 e.